The molecule has 1 atom stereocenters. The number of hydrogen-bond donors (Lipinski definition) is 2. The normalized spacial score (nSPS) is 11.9. The van der Waals surface area contributed by atoms with Crippen LogP contribution in [0.15, 0.2) is 12.1 Å². The zero-order valence-corrected chi connectivity index (χ0v) is 11.2. The minimum absolute atomic E-state index is 0.0254. The van der Waals surface area contributed by atoms with Gasteiger partial charge in [0, 0.05) is 27.8 Å². The number of nitro groups is 1. The SMILES string of the molecule is CNc1cc([N+](=O)[O-])cc(NCC(COC)OC)n1. The molecule has 0 fully saturated rings. The van der Waals surface area contributed by atoms with Crippen LogP contribution in [-0.4, -0.2) is 50.4 Å². The molecule has 0 amide bonds. The highest BCUT2D eigenvalue weighted by atomic mass is 16.6. The van der Waals surface area contributed by atoms with Crippen molar-refractivity contribution in [3.8, 4) is 0 Å². The molecule has 2 N–H and O–H groups in total. The molecule has 1 rings (SSSR count). The lowest BCUT2D eigenvalue weighted by molar-refractivity contribution is -0.384. The van der Waals surface area contributed by atoms with Gasteiger partial charge in [-0.05, 0) is 0 Å². The summed E-state index contributed by atoms with van der Waals surface area (Å²) in [6.45, 7) is 0.874. The first-order valence-electron chi connectivity index (χ1n) is 5.70. The van der Waals surface area contributed by atoms with E-state index in [1.165, 1.54) is 12.1 Å². The van der Waals surface area contributed by atoms with Gasteiger partial charge in [0.15, 0.2) is 0 Å². The van der Waals surface area contributed by atoms with Gasteiger partial charge in [0.2, 0.25) is 0 Å². The summed E-state index contributed by atoms with van der Waals surface area (Å²) in [7, 11) is 4.81. The molecule has 0 aliphatic heterocycles. The topological polar surface area (TPSA) is 98.6 Å². The van der Waals surface area contributed by atoms with Crippen LogP contribution in [-0.2, 0) is 9.47 Å². The quantitative estimate of drug-likeness (QED) is 0.539. The van der Waals surface area contributed by atoms with E-state index < -0.39 is 4.92 Å². The number of methoxy groups -OCH3 is 2. The maximum atomic E-state index is 10.8. The largest absolute Gasteiger partial charge is 0.382 e. The standard InChI is InChI=1S/C11H18N4O4/c1-12-10-4-8(15(16)17)5-11(14-10)13-6-9(19-3)7-18-2/h4-5,9H,6-7H2,1-3H3,(H2,12,13,14). The number of hydrogen-bond acceptors (Lipinski definition) is 7. The fourth-order valence-corrected chi connectivity index (χ4v) is 1.45. The number of nitrogens with zero attached hydrogens (tertiary/aromatic N) is 2. The highest BCUT2D eigenvalue weighted by Crippen LogP contribution is 2.20. The predicted molar refractivity (Wildman–Crippen MR) is 71.6 cm³/mol. The average molecular weight is 270 g/mol. The second-order valence-corrected chi connectivity index (χ2v) is 3.80. The first-order valence-corrected chi connectivity index (χ1v) is 5.70. The Balaban J connectivity index is 2.76. The van der Waals surface area contributed by atoms with Crippen molar-refractivity contribution >= 4 is 17.3 Å². The molecule has 0 aliphatic rings. The molecule has 1 unspecified atom stereocenters. The van der Waals surface area contributed by atoms with Crippen molar-refractivity contribution in [3.63, 3.8) is 0 Å². The van der Waals surface area contributed by atoms with E-state index in [0.717, 1.165) is 0 Å². The summed E-state index contributed by atoms with van der Waals surface area (Å²) >= 11 is 0. The second-order valence-electron chi connectivity index (χ2n) is 3.80. The lowest BCUT2D eigenvalue weighted by atomic mass is 10.3. The smallest absolute Gasteiger partial charge is 0.276 e. The number of pyridine rings is 1. The molecule has 8 nitrogen and oxygen atoms in total. The van der Waals surface area contributed by atoms with Crippen molar-refractivity contribution in [1.29, 1.82) is 0 Å². The molecule has 0 saturated heterocycles. The number of ether oxygens (including phenoxy) is 2. The summed E-state index contributed by atoms with van der Waals surface area (Å²) in [5.41, 5.74) is -0.0254. The maximum absolute atomic E-state index is 10.8. The van der Waals surface area contributed by atoms with E-state index in [2.05, 4.69) is 15.6 Å². The summed E-state index contributed by atoms with van der Waals surface area (Å²) in [4.78, 5) is 14.5. The third-order valence-corrected chi connectivity index (χ3v) is 2.47. The van der Waals surface area contributed by atoms with E-state index >= 15 is 0 Å². The van der Waals surface area contributed by atoms with Gasteiger partial charge in [-0.25, -0.2) is 4.98 Å². The van der Waals surface area contributed by atoms with Crippen molar-refractivity contribution < 1.29 is 14.4 Å². The van der Waals surface area contributed by atoms with Crippen molar-refractivity contribution in [2.45, 2.75) is 6.10 Å². The molecule has 1 aromatic rings. The van der Waals surface area contributed by atoms with Crippen molar-refractivity contribution in [2.75, 3.05) is 45.1 Å². The fourth-order valence-electron chi connectivity index (χ4n) is 1.45. The van der Waals surface area contributed by atoms with Gasteiger partial charge < -0.3 is 20.1 Å². The van der Waals surface area contributed by atoms with Crippen LogP contribution in [0.2, 0.25) is 0 Å². The van der Waals surface area contributed by atoms with Gasteiger partial charge in [-0.15, -0.1) is 0 Å². The lowest BCUT2D eigenvalue weighted by Gasteiger charge is -2.15. The summed E-state index contributed by atoms with van der Waals surface area (Å²) in [6, 6.07) is 2.74. The summed E-state index contributed by atoms with van der Waals surface area (Å²) in [5.74, 6) is 0.842. The Bertz CT molecular complexity index is 427. The molecule has 106 valence electrons. The van der Waals surface area contributed by atoms with Gasteiger partial charge in [0.05, 0.1) is 29.8 Å². The predicted octanol–water partition coefficient (Wildman–Crippen LogP) is 1.10. The van der Waals surface area contributed by atoms with Crippen LogP contribution in [0.4, 0.5) is 17.3 Å². The summed E-state index contributed by atoms with van der Waals surface area (Å²) < 4.78 is 10.2. The minimum atomic E-state index is -0.462. The number of nitrogens with one attached hydrogen (secondary N) is 2. The van der Waals surface area contributed by atoms with E-state index in [4.69, 9.17) is 9.47 Å². The van der Waals surface area contributed by atoms with Crippen LogP contribution in [0, 0.1) is 10.1 Å². The van der Waals surface area contributed by atoms with E-state index in [1.807, 2.05) is 0 Å². The van der Waals surface area contributed by atoms with Gasteiger partial charge in [0.1, 0.15) is 11.6 Å². The van der Waals surface area contributed by atoms with Crippen LogP contribution >= 0.6 is 0 Å². The average Bonchev–Trinajstić information content (AvgIpc) is 2.42. The minimum Gasteiger partial charge on any atom is -0.382 e. The Morgan fingerprint density at radius 1 is 1.42 bits per heavy atom. The van der Waals surface area contributed by atoms with Crippen molar-refractivity contribution in [1.82, 2.24) is 4.98 Å². The van der Waals surface area contributed by atoms with E-state index in [9.17, 15) is 10.1 Å². The molecule has 1 aromatic heterocycles. The van der Waals surface area contributed by atoms with Gasteiger partial charge in [-0.1, -0.05) is 0 Å². The van der Waals surface area contributed by atoms with Crippen LogP contribution in [0.3, 0.4) is 0 Å². The molecule has 19 heavy (non-hydrogen) atoms. The Hall–Kier alpha value is -1.93. The molecule has 0 radical (unpaired) electrons. The van der Waals surface area contributed by atoms with E-state index in [0.29, 0.717) is 24.8 Å². The molecule has 1 heterocycles. The molecular weight excluding hydrogens is 252 g/mol. The zero-order valence-electron chi connectivity index (χ0n) is 11.2. The first kappa shape index (κ1) is 15.1. The lowest BCUT2D eigenvalue weighted by Crippen LogP contribution is -2.26. The number of aromatic nitrogens is 1. The highest BCUT2D eigenvalue weighted by Gasteiger charge is 2.12. The Morgan fingerprint density at radius 3 is 2.63 bits per heavy atom. The Labute approximate surface area is 111 Å². The highest BCUT2D eigenvalue weighted by molar-refractivity contribution is 5.54. The molecule has 0 aliphatic carbocycles. The third-order valence-electron chi connectivity index (χ3n) is 2.47. The van der Waals surface area contributed by atoms with Crippen LogP contribution < -0.4 is 10.6 Å². The van der Waals surface area contributed by atoms with Crippen molar-refractivity contribution in [2.24, 2.45) is 0 Å². The first-order chi connectivity index (χ1) is 9.10. The van der Waals surface area contributed by atoms with E-state index in [1.54, 1.807) is 21.3 Å². The van der Waals surface area contributed by atoms with Gasteiger partial charge in [-0.2, -0.15) is 0 Å². The van der Waals surface area contributed by atoms with Gasteiger partial charge >= 0.3 is 0 Å². The van der Waals surface area contributed by atoms with Crippen LogP contribution in [0.25, 0.3) is 0 Å². The van der Waals surface area contributed by atoms with Crippen molar-refractivity contribution in [3.05, 3.63) is 22.2 Å². The Morgan fingerprint density at radius 2 is 2.11 bits per heavy atom. The molecule has 0 spiro atoms. The van der Waals surface area contributed by atoms with Gasteiger partial charge in [0.25, 0.3) is 5.69 Å². The zero-order chi connectivity index (χ0) is 14.3. The van der Waals surface area contributed by atoms with Gasteiger partial charge in [-0.3, -0.25) is 10.1 Å². The maximum Gasteiger partial charge on any atom is 0.276 e. The second kappa shape index (κ2) is 7.49. The summed E-state index contributed by atoms with van der Waals surface area (Å²) in [5, 5.41) is 16.6. The third kappa shape index (κ3) is 4.68. The molecule has 0 aromatic carbocycles. The Kier molecular flexibility index (Phi) is 5.97. The fraction of sp³-hybridized carbons (Fsp3) is 0.545. The summed E-state index contributed by atoms with van der Waals surface area (Å²) in [6.07, 6.45) is -0.149. The van der Waals surface area contributed by atoms with E-state index in [-0.39, 0.29) is 11.8 Å². The number of rotatable bonds is 8. The monoisotopic (exact) mass is 270 g/mol. The molecule has 8 heteroatoms. The molecule has 0 bridgehead atoms. The molecular formula is C11H18N4O4. The molecule has 0 saturated carbocycles. The van der Waals surface area contributed by atoms with Crippen LogP contribution in [0.5, 0.6) is 0 Å². The van der Waals surface area contributed by atoms with Crippen LogP contribution in [0.1, 0.15) is 0 Å². The number of anilines is 2.